The average Bonchev–Trinajstić information content (AvgIpc) is 2.87. The number of ether oxygens (including phenoxy) is 1. The lowest BCUT2D eigenvalue weighted by Gasteiger charge is -2.33. The van der Waals surface area contributed by atoms with Crippen LogP contribution in [0.4, 0.5) is 11.5 Å². The zero-order valence-corrected chi connectivity index (χ0v) is 20.0. The van der Waals surface area contributed by atoms with E-state index in [9.17, 15) is 14.7 Å². The Morgan fingerprint density at radius 2 is 2.06 bits per heavy atom. The molecule has 1 aliphatic heterocycles. The minimum atomic E-state index is -0.698. The molecule has 1 aliphatic carbocycles. The Balaban J connectivity index is 0.00000304. The highest BCUT2D eigenvalue weighted by molar-refractivity contribution is 6.01. The van der Waals surface area contributed by atoms with Crippen LogP contribution in [0.5, 0.6) is 5.75 Å². The van der Waals surface area contributed by atoms with Crippen LogP contribution < -0.4 is 20.7 Å². The summed E-state index contributed by atoms with van der Waals surface area (Å²) in [6.45, 7) is 0.387. The number of hydrogen-bond acceptors (Lipinski definition) is 8. The van der Waals surface area contributed by atoms with Gasteiger partial charge >= 0.3 is 0 Å². The Hall–Kier alpha value is -3.78. The number of para-hydroxylation sites is 1. The number of halogens is 1. The lowest BCUT2D eigenvalue weighted by atomic mass is 9.83. The summed E-state index contributed by atoms with van der Waals surface area (Å²) in [4.78, 5) is 33.2. The predicted octanol–water partition coefficient (Wildman–Crippen LogP) is 2.51. The minimum absolute atomic E-state index is 0. The molecule has 186 valence electrons. The third-order valence-electron chi connectivity index (χ3n) is 6.36. The topological polar surface area (TPSA) is 149 Å². The van der Waals surface area contributed by atoms with E-state index in [1.807, 2.05) is 24.3 Å². The van der Waals surface area contributed by atoms with E-state index in [4.69, 9.17) is 10.00 Å². The molecule has 10 nitrogen and oxygen atoms in total. The van der Waals surface area contributed by atoms with Gasteiger partial charge in [0.2, 0.25) is 5.91 Å². The van der Waals surface area contributed by atoms with Crippen molar-refractivity contribution in [1.82, 2.24) is 15.3 Å². The van der Waals surface area contributed by atoms with Gasteiger partial charge in [0, 0.05) is 23.9 Å². The number of nitriles is 1. The van der Waals surface area contributed by atoms with Crippen molar-refractivity contribution in [2.24, 2.45) is 5.92 Å². The summed E-state index contributed by atoms with van der Waals surface area (Å²) >= 11 is 0. The van der Waals surface area contributed by atoms with E-state index in [-0.39, 0.29) is 48.5 Å². The largest absolute Gasteiger partial charge is 0.480 e. The van der Waals surface area contributed by atoms with Gasteiger partial charge in [-0.2, -0.15) is 5.26 Å². The zero-order chi connectivity index (χ0) is 24.4. The van der Waals surface area contributed by atoms with E-state index in [1.54, 1.807) is 24.3 Å². The fourth-order valence-corrected chi connectivity index (χ4v) is 4.51. The van der Waals surface area contributed by atoms with E-state index in [0.29, 0.717) is 54.3 Å². The lowest BCUT2D eigenvalue weighted by Crippen LogP contribution is -2.46. The first-order valence-electron chi connectivity index (χ1n) is 11.4. The molecule has 0 bridgehead atoms. The minimum Gasteiger partial charge on any atom is -0.480 e. The highest BCUT2D eigenvalue weighted by Crippen LogP contribution is 2.29. The third-order valence-corrected chi connectivity index (χ3v) is 6.36. The van der Waals surface area contributed by atoms with Crippen LogP contribution in [-0.2, 0) is 16.1 Å². The number of aromatic nitrogens is 2. The number of hydrogen-bond donors (Lipinski definition) is 4. The van der Waals surface area contributed by atoms with Crippen LogP contribution in [0.3, 0.4) is 0 Å². The van der Waals surface area contributed by atoms with Gasteiger partial charge in [-0.3, -0.25) is 9.59 Å². The molecule has 0 spiro atoms. The van der Waals surface area contributed by atoms with Crippen molar-refractivity contribution in [2.45, 2.75) is 38.0 Å². The van der Waals surface area contributed by atoms with E-state index in [2.05, 4.69) is 25.9 Å². The Labute approximate surface area is 213 Å². The number of pyridine rings is 2. The maximum atomic E-state index is 13.0. The molecule has 1 aromatic carbocycles. The lowest BCUT2D eigenvalue weighted by molar-refractivity contribution is -0.122. The van der Waals surface area contributed by atoms with Gasteiger partial charge in [0.25, 0.3) is 5.91 Å². The fourth-order valence-electron chi connectivity index (χ4n) is 4.51. The Morgan fingerprint density at radius 3 is 2.86 bits per heavy atom. The second-order valence-electron chi connectivity index (χ2n) is 8.73. The zero-order valence-electron chi connectivity index (χ0n) is 19.2. The summed E-state index contributed by atoms with van der Waals surface area (Å²) in [6.07, 6.45) is 0.864. The van der Waals surface area contributed by atoms with Crippen molar-refractivity contribution >= 4 is 46.6 Å². The summed E-state index contributed by atoms with van der Waals surface area (Å²) in [5.41, 5.74) is 2.11. The number of carbonyl (C=O) groups excluding carboxylic acids is 2. The number of rotatable bonds is 5. The molecule has 4 N–H and O–H groups in total. The molecule has 5 rings (SSSR count). The van der Waals surface area contributed by atoms with Crippen LogP contribution in [0.25, 0.3) is 10.9 Å². The molecule has 0 unspecified atom stereocenters. The van der Waals surface area contributed by atoms with Gasteiger partial charge in [0.05, 0.1) is 23.0 Å². The number of amides is 2. The van der Waals surface area contributed by atoms with Crippen molar-refractivity contribution in [3.8, 4) is 11.8 Å². The Kier molecular flexibility index (Phi) is 7.64. The summed E-state index contributed by atoms with van der Waals surface area (Å²) in [6, 6.07) is 14.3. The number of anilines is 2. The van der Waals surface area contributed by atoms with Gasteiger partial charge in [-0.15, -0.1) is 12.4 Å². The van der Waals surface area contributed by atoms with Gasteiger partial charge in [0.1, 0.15) is 11.8 Å². The number of aliphatic hydroxyl groups excluding tert-OH is 1. The molecular weight excluding hydrogens is 484 g/mol. The Bertz CT molecular complexity index is 1340. The van der Waals surface area contributed by atoms with Gasteiger partial charge < -0.3 is 25.8 Å². The second kappa shape index (κ2) is 10.9. The highest BCUT2D eigenvalue weighted by Gasteiger charge is 2.33. The fraction of sp³-hybridized carbons (Fsp3) is 0.320. The van der Waals surface area contributed by atoms with E-state index < -0.39 is 6.10 Å². The molecule has 3 heterocycles. The molecule has 3 aromatic rings. The number of nitrogens with one attached hydrogen (secondary N) is 3. The summed E-state index contributed by atoms with van der Waals surface area (Å²) in [5.74, 6) is 0.168. The first-order valence-corrected chi connectivity index (χ1v) is 11.4. The van der Waals surface area contributed by atoms with Crippen LogP contribution in [-0.4, -0.2) is 45.6 Å². The van der Waals surface area contributed by atoms with Crippen LogP contribution >= 0.6 is 12.4 Å². The number of nitrogens with zero attached hydrogens (tertiary/aromatic N) is 3. The summed E-state index contributed by atoms with van der Waals surface area (Å²) in [7, 11) is 0. The van der Waals surface area contributed by atoms with Crippen LogP contribution in [0.2, 0.25) is 0 Å². The monoisotopic (exact) mass is 508 g/mol. The van der Waals surface area contributed by atoms with Gasteiger partial charge in [-0.05, 0) is 49.6 Å². The van der Waals surface area contributed by atoms with Crippen LogP contribution in [0.15, 0.2) is 42.5 Å². The second-order valence-corrected chi connectivity index (χ2v) is 8.73. The molecule has 2 aromatic heterocycles. The first kappa shape index (κ1) is 25.3. The number of carbonyl (C=O) groups is 2. The smallest absolute Gasteiger partial charge is 0.263 e. The van der Waals surface area contributed by atoms with Crippen molar-refractivity contribution in [3.05, 3.63) is 53.9 Å². The number of aliphatic hydroxyl groups is 1. The molecule has 11 heteroatoms. The van der Waals surface area contributed by atoms with Gasteiger partial charge in [-0.25, -0.2) is 9.97 Å². The number of benzene rings is 1. The third kappa shape index (κ3) is 5.39. The molecule has 2 aliphatic rings. The first-order chi connectivity index (χ1) is 17.0. The van der Waals surface area contributed by atoms with Crippen molar-refractivity contribution < 1.29 is 19.4 Å². The van der Waals surface area contributed by atoms with E-state index in [0.717, 1.165) is 5.39 Å². The Morgan fingerprint density at radius 1 is 1.19 bits per heavy atom. The normalized spacial score (nSPS) is 20.8. The maximum Gasteiger partial charge on any atom is 0.263 e. The molecule has 2 amide bonds. The standard InChI is InChI=1S/C25H24N6O4.ClH/c26-11-16-6-4-14-2-1-3-19(23(14)28-16)30-25(34)15-5-8-18(20(32)10-15)27-12-17-7-9-21-24(29-17)31-22(33)13-35-21;/h1-4,6-7,9,15,18,20,27,32H,5,8,10,12-13H2,(H,30,34)(H,29,31,33);1H/t15-,18-,20+;/m1./s1. The van der Waals surface area contributed by atoms with Crippen LogP contribution in [0, 0.1) is 17.2 Å². The number of fused-ring (bicyclic) bond motifs is 2. The van der Waals surface area contributed by atoms with Gasteiger partial charge in [-0.1, -0.05) is 12.1 Å². The molecule has 36 heavy (non-hydrogen) atoms. The summed E-state index contributed by atoms with van der Waals surface area (Å²) in [5, 5.41) is 29.6. The van der Waals surface area contributed by atoms with Gasteiger partial charge in [0.15, 0.2) is 18.2 Å². The van der Waals surface area contributed by atoms with Crippen molar-refractivity contribution in [1.29, 1.82) is 5.26 Å². The van der Waals surface area contributed by atoms with E-state index >= 15 is 0 Å². The highest BCUT2D eigenvalue weighted by atomic mass is 35.5. The maximum absolute atomic E-state index is 13.0. The predicted molar refractivity (Wildman–Crippen MR) is 135 cm³/mol. The SMILES string of the molecule is Cl.N#Cc1ccc2cccc(NC(=O)[C@@H]3CC[C@@H](NCc4ccc5c(n4)NC(=O)CO5)[C@@H](O)C3)c2n1. The van der Waals surface area contributed by atoms with Crippen LogP contribution in [0.1, 0.15) is 30.7 Å². The van der Waals surface area contributed by atoms with Crippen molar-refractivity contribution in [3.63, 3.8) is 0 Å². The molecule has 1 fully saturated rings. The quantitative estimate of drug-likeness (QED) is 0.410. The molecular formula is C25H25ClN6O4. The van der Waals surface area contributed by atoms with E-state index in [1.165, 1.54) is 0 Å². The molecule has 1 saturated carbocycles. The average molecular weight is 509 g/mol. The molecule has 0 saturated heterocycles. The molecule has 0 radical (unpaired) electrons. The summed E-state index contributed by atoms with van der Waals surface area (Å²) < 4.78 is 5.32. The van der Waals surface area contributed by atoms with Crippen molar-refractivity contribution in [2.75, 3.05) is 17.2 Å². The molecule has 3 atom stereocenters.